The molecule has 0 unspecified atom stereocenters. The van der Waals surface area contributed by atoms with E-state index >= 15 is 0 Å². The van der Waals surface area contributed by atoms with Crippen LogP contribution < -0.4 is 5.46 Å². The van der Waals surface area contributed by atoms with E-state index in [0.717, 1.165) is 16.4 Å². The van der Waals surface area contributed by atoms with Gasteiger partial charge in [0.05, 0.1) is 29.4 Å². The Labute approximate surface area is 136 Å². The van der Waals surface area contributed by atoms with Gasteiger partial charge in [-0.05, 0) is 45.3 Å². The summed E-state index contributed by atoms with van der Waals surface area (Å²) in [7, 11) is 0.891. The molecular formula is C17H20BNO4. The molecule has 2 heterocycles. The molecular weight excluding hydrogens is 293 g/mol. The molecule has 0 amide bonds. The van der Waals surface area contributed by atoms with Crippen LogP contribution in [-0.4, -0.2) is 36.4 Å². The maximum atomic E-state index is 12.0. The van der Waals surface area contributed by atoms with E-state index in [2.05, 4.69) is 4.98 Å². The zero-order valence-electron chi connectivity index (χ0n) is 14.0. The standard InChI is InChI=1S/C17H20BNO4/c1-16(2)17(3,4)23-18(22-16)11-6-7-14-13(10-11)12(8-9-19-14)15(20)21-5/h6-10H,1-5H3. The molecule has 1 aliphatic rings. The number of carbonyl (C=O) groups is 1. The van der Waals surface area contributed by atoms with Crippen molar-refractivity contribution in [2.75, 3.05) is 7.11 Å². The molecule has 0 atom stereocenters. The van der Waals surface area contributed by atoms with Gasteiger partial charge < -0.3 is 14.0 Å². The van der Waals surface area contributed by atoms with Crippen LogP contribution in [0.25, 0.3) is 10.9 Å². The molecule has 6 heteroatoms. The van der Waals surface area contributed by atoms with E-state index in [0.29, 0.717) is 5.56 Å². The average Bonchev–Trinajstić information content (AvgIpc) is 2.73. The highest BCUT2D eigenvalue weighted by atomic mass is 16.7. The van der Waals surface area contributed by atoms with E-state index in [1.54, 1.807) is 12.3 Å². The second kappa shape index (κ2) is 5.32. The second-order valence-electron chi connectivity index (χ2n) is 6.71. The van der Waals surface area contributed by atoms with Gasteiger partial charge in [-0.25, -0.2) is 4.79 Å². The summed E-state index contributed by atoms with van der Waals surface area (Å²) < 4.78 is 17.0. The Bertz CT molecular complexity index is 756. The molecule has 5 nitrogen and oxygen atoms in total. The quantitative estimate of drug-likeness (QED) is 0.629. The lowest BCUT2D eigenvalue weighted by molar-refractivity contribution is 0.00578. The third-order valence-corrected chi connectivity index (χ3v) is 4.70. The Kier molecular flexibility index (Phi) is 3.69. The molecule has 1 aromatic carbocycles. The van der Waals surface area contributed by atoms with Crippen LogP contribution in [0.3, 0.4) is 0 Å². The van der Waals surface area contributed by atoms with Crippen LogP contribution in [0.4, 0.5) is 0 Å². The number of hydrogen-bond donors (Lipinski definition) is 0. The fraction of sp³-hybridized carbons (Fsp3) is 0.412. The highest BCUT2D eigenvalue weighted by Gasteiger charge is 2.51. The molecule has 0 bridgehead atoms. The van der Waals surface area contributed by atoms with Gasteiger partial charge >= 0.3 is 13.1 Å². The summed E-state index contributed by atoms with van der Waals surface area (Å²) in [5.74, 6) is -0.386. The highest BCUT2D eigenvalue weighted by Crippen LogP contribution is 2.36. The first-order valence-electron chi connectivity index (χ1n) is 7.58. The van der Waals surface area contributed by atoms with E-state index in [1.165, 1.54) is 7.11 Å². The predicted octanol–water partition coefficient (Wildman–Crippen LogP) is 2.32. The van der Waals surface area contributed by atoms with Gasteiger partial charge in [-0.2, -0.15) is 0 Å². The minimum Gasteiger partial charge on any atom is -0.465 e. The average molecular weight is 313 g/mol. The Morgan fingerprint density at radius 2 is 1.78 bits per heavy atom. The number of aromatic nitrogens is 1. The zero-order chi connectivity index (χ0) is 16.8. The monoisotopic (exact) mass is 313 g/mol. The van der Waals surface area contributed by atoms with Crippen molar-refractivity contribution in [3.63, 3.8) is 0 Å². The Morgan fingerprint density at radius 1 is 1.13 bits per heavy atom. The van der Waals surface area contributed by atoms with Gasteiger partial charge in [-0.1, -0.05) is 12.1 Å². The molecule has 3 rings (SSSR count). The van der Waals surface area contributed by atoms with Crippen LogP contribution in [0.1, 0.15) is 38.1 Å². The summed E-state index contributed by atoms with van der Waals surface area (Å²) in [6.45, 7) is 8.04. The SMILES string of the molecule is COC(=O)c1ccnc2ccc(B3OC(C)(C)C(C)(C)O3)cc12. The Balaban J connectivity index is 2.06. The molecule has 0 spiro atoms. The number of ether oxygens (including phenoxy) is 1. The van der Waals surface area contributed by atoms with Gasteiger partial charge in [0.25, 0.3) is 0 Å². The maximum Gasteiger partial charge on any atom is 0.494 e. The summed E-state index contributed by atoms with van der Waals surface area (Å²) in [5.41, 5.74) is 1.25. The van der Waals surface area contributed by atoms with Crippen molar-refractivity contribution in [1.82, 2.24) is 4.98 Å². The molecule has 0 saturated carbocycles. The Hall–Kier alpha value is -1.92. The number of esters is 1. The minimum atomic E-state index is -0.477. The first-order chi connectivity index (χ1) is 10.7. The van der Waals surface area contributed by atoms with E-state index in [9.17, 15) is 4.79 Å². The van der Waals surface area contributed by atoms with Crippen molar-refractivity contribution in [2.24, 2.45) is 0 Å². The molecule has 23 heavy (non-hydrogen) atoms. The zero-order valence-corrected chi connectivity index (χ0v) is 14.0. The van der Waals surface area contributed by atoms with Gasteiger partial charge in [0.1, 0.15) is 0 Å². The number of rotatable bonds is 2. The van der Waals surface area contributed by atoms with Crippen LogP contribution in [0.5, 0.6) is 0 Å². The van der Waals surface area contributed by atoms with Crippen LogP contribution >= 0.6 is 0 Å². The summed E-state index contributed by atoms with van der Waals surface area (Å²) in [4.78, 5) is 16.2. The highest BCUT2D eigenvalue weighted by molar-refractivity contribution is 6.62. The first kappa shape index (κ1) is 16.0. The third kappa shape index (κ3) is 2.62. The number of pyridine rings is 1. The smallest absolute Gasteiger partial charge is 0.465 e. The molecule has 1 aromatic heterocycles. The van der Waals surface area contributed by atoms with Crippen molar-refractivity contribution in [3.05, 3.63) is 36.0 Å². The molecule has 0 aliphatic carbocycles. The van der Waals surface area contributed by atoms with Crippen LogP contribution in [-0.2, 0) is 14.0 Å². The fourth-order valence-electron chi connectivity index (χ4n) is 2.58. The number of benzene rings is 1. The molecule has 0 radical (unpaired) electrons. The second-order valence-corrected chi connectivity index (χ2v) is 6.71. The number of carbonyl (C=O) groups excluding carboxylic acids is 1. The van der Waals surface area contributed by atoms with Crippen LogP contribution in [0.2, 0.25) is 0 Å². The largest absolute Gasteiger partial charge is 0.494 e. The maximum absolute atomic E-state index is 12.0. The predicted molar refractivity (Wildman–Crippen MR) is 88.8 cm³/mol. The van der Waals surface area contributed by atoms with Crippen LogP contribution in [0.15, 0.2) is 30.5 Å². The van der Waals surface area contributed by atoms with Gasteiger partial charge in [0.2, 0.25) is 0 Å². The van der Waals surface area contributed by atoms with Crippen molar-refractivity contribution in [3.8, 4) is 0 Å². The number of hydrogen-bond acceptors (Lipinski definition) is 5. The first-order valence-corrected chi connectivity index (χ1v) is 7.58. The van der Waals surface area contributed by atoms with Crippen LogP contribution in [0, 0.1) is 0 Å². The molecule has 0 N–H and O–H groups in total. The van der Waals surface area contributed by atoms with E-state index in [1.807, 2.05) is 45.9 Å². The summed E-state index contributed by atoms with van der Waals surface area (Å²) in [5, 5.41) is 0.728. The lowest BCUT2D eigenvalue weighted by atomic mass is 9.78. The molecule has 120 valence electrons. The summed E-state index contributed by atoms with van der Waals surface area (Å²) in [6.07, 6.45) is 1.60. The van der Waals surface area contributed by atoms with Crippen molar-refractivity contribution < 1.29 is 18.8 Å². The van der Waals surface area contributed by atoms with Gasteiger partial charge in [0, 0.05) is 11.6 Å². The number of methoxy groups -OCH3 is 1. The molecule has 1 fully saturated rings. The van der Waals surface area contributed by atoms with Crippen molar-refractivity contribution >= 4 is 29.5 Å². The van der Waals surface area contributed by atoms with Gasteiger partial charge in [0.15, 0.2) is 0 Å². The van der Waals surface area contributed by atoms with E-state index < -0.39 is 18.3 Å². The third-order valence-electron chi connectivity index (χ3n) is 4.70. The van der Waals surface area contributed by atoms with E-state index in [4.69, 9.17) is 14.0 Å². The van der Waals surface area contributed by atoms with Crippen molar-refractivity contribution in [1.29, 1.82) is 0 Å². The normalized spacial score (nSPS) is 19.1. The number of fused-ring (bicyclic) bond motifs is 1. The summed E-state index contributed by atoms with van der Waals surface area (Å²) in [6, 6.07) is 7.32. The number of nitrogens with zero attached hydrogens (tertiary/aromatic N) is 1. The topological polar surface area (TPSA) is 57.7 Å². The minimum absolute atomic E-state index is 0.386. The van der Waals surface area contributed by atoms with E-state index in [-0.39, 0.29) is 5.97 Å². The molecule has 2 aromatic rings. The van der Waals surface area contributed by atoms with Crippen molar-refractivity contribution in [2.45, 2.75) is 38.9 Å². The van der Waals surface area contributed by atoms with Gasteiger partial charge in [-0.15, -0.1) is 0 Å². The van der Waals surface area contributed by atoms with Gasteiger partial charge in [-0.3, -0.25) is 4.98 Å². The molecule has 1 aliphatic heterocycles. The lowest BCUT2D eigenvalue weighted by Crippen LogP contribution is -2.41. The molecule has 1 saturated heterocycles. The Morgan fingerprint density at radius 3 is 2.39 bits per heavy atom. The summed E-state index contributed by atoms with van der Waals surface area (Å²) >= 11 is 0. The fourth-order valence-corrected chi connectivity index (χ4v) is 2.58. The lowest BCUT2D eigenvalue weighted by Gasteiger charge is -2.32.